The number of carbonyl (C=O) groups excluding carboxylic acids is 1. The zero-order valence-corrected chi connectivity index (χ0v) is 14.0. The fourth-order valence-electron chi connectivity index (χ4n) is 2.11. The third kappa shape index (κ3) is 5.45. The van der Waals surface area contributed by atoms with Crippen molar-refractivity contribution >= 4 is 23.6 Å². The number of aromatic nitrogens is 1. The third-order valence-electron chi connectivity index (χ3n) is 3.36. The smallest absolute Gasteiger partial charge is 0.263 e. The number of hydrazone groups is 1. The fourth-order valence-corrected chi connectivity index (χ4v) is 2.11. The van der Waals surface area contributed by atoms with E-state index in [2.05, 4.69) is 20.8 Å². The molecule has 3 aromatic rings. The normalized spacial score (nSPS) is 10.5. The number of benzene rings is 2. The van der Waals surface area contributed by atoms with Crippen LogP contribution in [-0.4, -0.2) is 23.7 Å². The monoisotopic (exact) mass is 346 g/mol. The minimum atomic E-state index is -0.263. The summed E-state index contributed by atoms with van der Waals surface area (Å²) < 4.78 is 5.47. The van der Waals surface area contributed by atoms with Gasteiger partial charge < -0.3 is 10.1 Å². The van der Waals surface area contributed by atoms with Gasteiger partial charge in [-0.2, -0.15) is 5.10 Å². The molecule has 0 fully saturated rings. The van der Waals surface area contributed by atoms with E-state index in [0.717, 1.165) is 11.3 Å². The summed E-state index contributed by atoms with van der Waals surface area (Å²) in [7, 11) is 0. The van der Waals surface area contributed by atoms with Gasteiger partial charge in [-0.3, -0.25) is 10.2 Å². The Kier molecular flexibility index (Phi) is 5.93. The van der Waals surface area contributed by atoms with Gasteiger partial charge >= 0.3 is 0 Å². The summed E-state index contributed by atoms with van der Waals surface area (Å²) >= 11 is 0. The zero-order valence-electron chi connectivity index (χ0n) is 14.0. The highest BCUT2D eigenvalue weighted by Crippen LogP contribution is 2.11. The molecule has 0 spiro atoms. The van der Waals surface area contributed by atoms with Crippen molar-refractivity contribution in [2.24, 2.45) is 5.10 Å². The van der Waals surface area contributed by atoms with Gasteiger partial charge in [0.1, 0.15) is 11.6 Å². The lowest BCUT2D eigenvalue weighted by atomic mass is 10.2. The fraction of sp³-hybridized carbons (Fsp3) is 0.0500. The van der Waals surface area contributed by atoms with Gasteiger partial charge in [0.25, 0.3) is 5.91 Å². The van der Waals surface area contributed by atoms with Crippen LogP contribution in [0.1, 0.15) is 5.56 Å². The quantitative estimate of drug-likeness (QED) is 0.507. The van der Waals surface area contributed by atoms with E-state index in [0.29, 0.717) is 11.6 Å². The van der Waals surface area contributed by atoms with Crippen LogP contribution in [0.4, 0.5) is 11.5 Å². The largest absolute Gasteiger partial charge is 0.484 e. The molecule has 0 radical (unpaired) electrons. The maximum Gasteiger partial charge on any atom is 0.263 e. The van der Waals surface area contributed by atoms with Gasteiger partial charge in [-0.1, -0.05) is 24.3 Å². The van der Waals surface area contributed by atoms with Crippen LogP contribution in [0.3, 0.4) is 0 Å². The van der Waals surface area contributed by atoms with Crippen molar-refractivity contribution in [1.29, 1.82) is 0 Å². The van der Waals surface area contributed by atoms with E-state index in [1.54, 1.807) is 42.7 Å². The average Bonchev–Trinajstić information content (AvgIpc) is 2.69. The summed E-state index contributed by atoms with van der Waals surface area (Å²) in [4.78, 5) is 15.9. The molecule has 2 N–H and O–H groups in total. The van der Waals surface area contributed by atoms with Gasteiger partial charge in [0, 0.05) is 6.20 Å². The highest BCUT2D eigenvalue weighted by molar-refractivity contribution is 5.90. The zero-order chi connectivity index (χ0) is 18.0. The van der Waals surface area contributed by atoms with E-state index in [1.165, 1.54) is 0 Å². The van der Waals surface area contributed by atoms with Crippen LogP contribution < -0.4 is 15.5 Å². The Morgan fingerprint density at radius 1 is 1.00 bits per heavy atom. The average molecular weight is 346 g/mol. The molecule has 0 unspecified atom stereocenters. The molecule has 3 rings (SSSR count). The molecule has 6 nitrogen and oxygen atoms in total. The molecule has 26 heavy (non-hydrogen) atoms. The number of hydrogen-bond donors (Lipinski definition) is 2. The molecule has 0 aliphatic heterocycles. The second kappa shape index (κ2) is 8.98. The van der Waals surface area contributed by atoms with Crippen molar-refractivity contribution in [3.63, 3.8) is 0 Å². The number of nitrogens with one attached hydrogen (secondary N) is 2. The first kappa shape index (κ1) is 17.2. The van der Waals surface area contributed by atoms with Crippen LogP contribution in [0, 0.1) is 0 Å². The van der Waals surface area contributed by atoms with Crippen LogP contribution in [0.15, 0.2) is 84.1 Å². The Labute approximate surface area is 151 Å². The molecule has 2 aromatic carbocycles. The molecule has 0 aliphatic carbocycles. The predicted octanol–water partition coefficient (Wildman–Crippen LogP) is 3.55. The molecule has 0 bridgehead atoms. The lowest BCUT2D eigenvalue weighted by molar-refractivity contribution is -0.118. The topological polar surface area (TPSA) is 75.6 Å². The summed E-state index contributed by atoms with van der Waals surface area (Å²) in [5.41, 5.74) is 4.78. The Hall–Kier alpha value is -3.67. The molecule has 0 saturated carbocycles. The summed E-state index contributed by atoms with van der Waals surface area (Å²) in [5.74, 6) is 0.842. The van der Waals surface area contributed by atoms with E-state index in [-0.39, 0.29) is 12.5 Å². The number of anilines is 2. The SMILES string of the molecule is O=C(COc1ccc(C=NNc2ccccc2)cc1)Nc1ccccn1. The molecular weight excluding hydrogens is 328 g/mol. The molecule has 0 atom stereocenters. The lowest BCUT2D eigenvalue weighted by Gasteiger charge is -2.07. The van der Waals surface area contributed by atoms with Crippen molar-refractivity contribution < 1.29 is 9.53 Å². The molecular formula is C20H18N4O2. The van der Waals surface area contributed by atoms with Gasteiger partial charge in [-0.05, 0) is 54.1 Å². The van der Waals surface area contributed by atoms with E-state index in [1.807, 2.05) is 42.5 Å². The number of rotatable bonds is 7. The molecule has 1 amide bonds. The lowest BCUT2D eigenvalue weighted by Crippen LogP contribution is -2.20. The van der Waals surface area contributed by atoms with E-state index in [4.69, 9.17) is 4.74 Å². The third-order valence-corrected chi connectivity index (χ3v) is 3.36. The maximum absolute atomic E-state index is 11.8. The molecule has 1 heterocycles. The molecule has 130 valence electrons. The van der Waals surface area contributed by atoms with Crippen LogP contribution in [-0.2, 0) is 4.79 Å². The van der Waals surface area contributed by atoms with Crippen molar-refractivity contribution in [2.45, 2.75) is 0 Å². The van der Waals surface area contributed by atoms with Crippen molar-refractivity contribution in [2.75, 3.05) is 17.3 Å². The second-order valence-corrected chi connectivity index (χ2v) is 5.36. The minimum absolute atomic E-state index is 0.0838. The number of hydrogen-bond acceptors (Lipinski definition) is 5. The highest BCUT2D eigenvalue weighted by Gasteiger charge is 2.04. The highest BCUT2D eigenvalue weighted by atomic mass is 16.5. The van der Waals surface area contributed by atoms with Gasteiger partial charge in [0.15, 0.2) is 6.61 Å². The summed E-state index contributed by atoms with van der Waals surface area (Å²) in [6, 6.07) is 22.3. The first-order valence-electron chi connectivity index (χ1n) is 8.07. The van der Waals surface area contributed by atoms with Gasteiger partial charge in [-0.25, -0.2) is 4.98 Å². The number of para-hydroxylation sites is 1. The van der Waals surface area contributed by atoms with Crippen LogP contribution in [0.5, 0.6) is 5.75 Å². The Balaban J connectivity index is 1.46. The van der Waals surface area contributed by atoms with Crippen LogP contribution in [0.25, 0.3) is 0 Å². The van der Waals surface area contributed by atoms with E-state index >= 15 is 0 Å². The summed E-state index contributed by atoms with van der Waals surface area (Å²) in [6.45, 7) is -0.0838. The van der Waals surface area contributed by atoms with E-state index in [9.17, 15) is 4.79 Å². The standard InChI is InChI=1S/C20H18N4O2/c25-20(23-19-8-4-5-13-21-19)15-26-18-11-9-16(10-12-18)14-22-24-17-6-2-1-3-7-17/h1-14,24H,15H2,(H,21,23,25). The van der Waals surface area contributed by atoms with Crippen molar-refractivity contribution in [1.82, 2.24) is 4.98 Å². The molecule has 0 saturated heterocycles. The Morgan fingerprint density at radius 3 is 2.50 bits per heavy atom. The van der Waals surface area contributed by atoms with Gasteiger partial charge in [-0.15, -0.1) is 0 Å². The second-order valence-electron chi connectivity index (χ2n) is 5.36. The van der Waals surface area contributed by atoms with Crippen molar-refractivity contribution in [3.8, 4) is 5.75 Å². The number of nitrogens with zero attached hydrogens (tertiary/aromatic N) is 2. The van der Waals surface area contributed by atoms with Crippen molar-refractivity contribution in [3.05, 3.63) is 84.6 Å². The molecule has 0 aliphatic rings. The van der Waals surface area contributed by atoms with Crippen LogP contribution in [0.2, 0.25) is 0 Å². The Bertz CT molecular complexity index is 850. The number of carbonyl (C=O) groups is 1. The van der Waals surface area contributed by atoms with Gasteiger partial charge in [0.05, 0.1) is 11.9 Å². The van der Waals surface area contributed by atoms with Gasteiger partial charge in [0.2, 0.25) is 0 Å². The molecule has 6 heteroatoms. The molecule has 1 aromatic heterocycles. The maximum atomic E-state index is 11.8. The van der Waals surface area contributed by atoms with E-state index < -0.39 is 0 Å². The van der Waals surface area contributed by atoms with Crippen LogP contribution >= 0.6 is 0 Å². The predicted molar refractivity (Wildman–Crippen MR) is 102 cm³/mol. The minimum Gasteiger partial charge on any atom is -0.484 e. The first-order chi connectivity index (χ1) is 12.8. The number of pyridine rings is 1. The first-order valence-corrected chi connectivity index (χ1v) is 8.07. The number of ether oxygens (including phenoxy) is 1. The Morgan fingerprint density at radius 2 is 1.77 bits per heavy atom. The summed E-state index contributed by atoms with van der Waals surface area (Å²) in [5, 5.41) is 6.84. The summed E-state index contributed by atoms with van der Waals surface area (Å²) in [6.07, 6.45) is 3.33. The number of amides is 1.